The predicted octanol–water partition coefficient (Wildman–Crippen LogP) is -3.23. The molecule has 0 N–H and O–H groups in total. The zero-order valence-corrected chi connectivity index (χ0v) is 7.80. The van der Waals surface area contributed by atoms with E-state index in [2.05, 4.69) is 19.7 Å². The van der Waals surface area contributed by atoms with Crippen molar-refractivity contribution in [1.29, 1.82) is 0 Å². The fourth-order valence-corrected chi connectivity index (χ4v) is 0. The highest BCUT2D eigenvalue weighted by molar-refractivity contribution is 5.77. The van der Waals surface area contributed by atoms with E-state index in [1.54, 1.807) is 0 Å². The summed E-state index contributed by atoms with van der Waals surface area (Å²) < 4.78 is 0. The van der Waals surface area contributed by atoms with Gasteiger partial charge in [0, 0.05) is 0 Å². The molecular formula is C9H9O6-3. The number of hydrogen-bond donors (Lipinski definition) is 0. The second-order valence-electron chi connectivity index (χ2n) is 1.57. The van der Waals surface area contributed by atoms with Crippen molar-refractivity contribution in [3.8, 4) is 0 Å². The molecule has 0 aromatic carbocycles. The van der Waals surface area contributed by atoms with E-state index in [9.17, 15) is 0 Å². The molecular weight excluding hydrogens is 204 g/mol. The van der Waals surface area contributed by atoms with Gasteiger partial charge in [-0.1, -0.05) is 19.7 Å². The number of aliphatic carboxylic acids is 3. The van der Waals surface area contributed by atoms with Gasteiger partial charge in [-0.2, -0.15) is 0 Å². The first kappa shape index (κ1) is 18.4. The van der Waals surface area contributed by atoms with Crippen LogP contribution in [0.25, 0.3) is 0 Å². The molecule has 0 aliphatic rings. The number of hydrogen-bond acceptors (Lipinski definition) is 6. The molecule has 0 unspecified atom stereocenters. The van der Waals surface area contributed by atoms with E-state index in [0.29, 0.717) is 0 Å². The predicted molar refractivity (Wildman–Crippen MR) is 45.6 cm³/mol. The van der Waals surface area contributed by atoms with Crippen LogP contribution >= 0.6 is 0 Å². The lowest BCUT2D eigenvalue weighted by atomic mass is 10.7. The average Bonchev–Trinajstić information content (AvgIpc) is 2.19. The van der Waals surface area contributed by atoms with Gasteiger partial charge in [0.15, 0.2) is 0 Å². The molecule has 0 aromatic heterocycles. The van der Waals surface area contributed by atoms with Gasteiger partial charge in [-0.25, -0.2) is 0 Å². The molecule has 0 aliphatic heterocycles. The molecule has 15 heavy (non-hydrogen) atoms. The van der Waals surface area contributed by atoms with Crippen LogP contribution in [0, 0.1) is 0 Å². The topological polar surface area (TPSA) is 120 Å². The van der Waals surface area contributed by atoms with Gasteiger partial charge in [0.05, 0.1) is 17.9 Å². The smallest absolute Gasteiger partial charge is 0.0636 e. The summed E-state index contributed by atoms with van der Waals surface area (Å²) in [5.41, 5.74) is 0. The van der Waals surface area contributed by atoms with Crippen LogP contribution in [0.2, 0.25) is 0 Å². The van der Waals surface area contributed by atoms with Crippen molar-refractivity contribution >= 4 is 17.9 Å². The molecule has 6 nitrogen and oxygen atoms in total. The van der Waals surface area contributed by atoms with Crippen molar-refractivity contribution in [2.45, 2.75) is 0 Å². The summed E-state index contributed by atoms with van der Waals surface area (Å²) in [7, 11) is 0. The Hall–Kier alpha value is -2.37. The summed E-state index contributed by atoms with van der Waals surface area (Å²) in [6, 6.07) is 0. The van der Waals surface area contributed by atoms with Crippen molar-refractivity contribution in [1.82, 2.24) is 0 Å². The summed E-state index contributed by atoms with van der Waals surface area (Å²) in [6.45, 7) is 8.69. The Balaban J connectivity index is -0.000000144. The maximum absolute atomic E-state index is 9.14. The van der Waals surface area contributed by atoms with Crippen LogP contribution in [-0.2, 0) is 14.4 Å². The highest BCUT2D eigenvalue weighted by Gasteiger charge is 1.56. The standard InChI is InChI=1S/3C3H4O2/c3*1-2-3(4)5/h3*2H,1H2,(H,4,5)/p-3. The Morgan fingerprint density at radius 1 is 0.667 bits per heavy atom. The van der Waals surface area contributed by atoms with Gasteiger partial charge in [0.2, 0.25) is 0 Å². The van der Waals surface area contributed by atoms with Gasteiger partial charge in [-0.3, -0.25) is 0 Å². The molecule has 84 valence electrons. The van der Waals surface area contributed by atoms with Crippen molar-refractivity contribution in [2.75, 3.05) is 0 Å². The first-order valence-corrected chi connectivity index (χ1v) is 3.32. The Labute approximate surface area is 86.5 Å². The third-order valence-corrected chi connectivity index (χ3v) is 0.500. The van der Waals surface area contributed by atoms with E-state index >= 15 is 0 Å². The van der Waals surface area contributed by atoms with Crippen LogP contribution in [0.15, 0.2) is 38.0 Å². The minimum Gasteiger partial charge on any atom is -0.545 e. The minimum atomic E-state index is -1.23. The van der Waals surface area contributed by atoms with Gasteiger partial charge in [0.1, 0.15) is 0 Å². The normalized spacial score (nSPS) is 6.40. The molecule has 0 amide bonds. The summed E-state index contributed by atoms with van der Waals surface area (Å²) >= 11 is 0. The molecule has 0 rings (SSSR count). The zero-order chi connectivity index (χ0) is 12.9. The number of carbonyl (C=O) groups excluding carboxylic acids is 3. The lowest BCUT2D eigenvalue weighted by Crippen LogP contribution is -2.17. The Kier molecular flexibility index (Phi) is 17.4. The zero-order valence-electron chi connectivity index (χ0n) is 7.80. The monoisotopic (exact) mass is 213 g/mol. The molecule has 0 bridgehead atoms. The third-order valence-electron chi connectivity index (χ3n) is 0.500. The molecule has 0 heterocycles. The number of carboxylic acid groups (broad SMARTS) is 3. The van der Waals surface area contributed by atoms with Crippen molar-refractivity contribution < 1.29 is 29.7 Å². The second kappa shape index (κ2) is 14.2. The van der Waals surface area contributed by atoms with Crippen LogP contribution in [-0.4, -0.2) is 17.9 Å². The van der Waals surface area contributed by atoms with Crippen LogP contribution < -0.4 is 15.3 Å². The summed E-state index contributed by atoms with van der Waals surface area (Å²) in [4.78, 5) is 27.4. The quantitative estimate of drug-likeness (QED) is 0.454. The summed E-state index contributed by atoms with van der Waals surface area (Å²) in [5.74, 6) is -3.69. The summed E-state index contributed by atoms with van der Waals surface area (Å²) in [5, 5.41) is 27.4. The van der Waals surface area contributed by atoms with Gasteiger partial charge in [-0.15, -0.1) is 0 Å². The molecule has 6 heteroatoms. The van der Waals surface area contributed by atoms with E-state index in [1.807, 2.05) is 0 Å². The van der Waals surface area contributed by atoms with Gasteiger partial charge >= 0.3 is 0 Å². The van der Waals surface area contributed by atoms with Gasteiger partial charge < -0.3 is 29.7 Å². The highest BCUT2D eigenvalue weighted by Crippen LogP contribution is 1.48. The molecule has 0 fully saturated rings. The maximum Gasteiger partial charge on any atom is 0.0636 e. The van der Waals surface area contributed by atoms with E-state index in [0.717, 1.165) is 18.2 Å². The first-order valence-electron chi connectivity index (χ1n) is 3.32. The lowest BCUT2D eigenvalue weighted by Gasteiger charge is -1.81. The van der Waals surface area contributed by atoms with E-state index in [-0.39, 0.29) is 0 Å². The average molecular weight is 213 g/mol. The molecule has 0 aromatic rings. The number of rotatable bonds is 3. The first-order chi connectivity index (χ1) is 6.81. The molecule has 0 spiro atoms. The fraction of sp³-hybridized carbons (Fsp3) is 0. The van der Waals surface area contributed by atoms with Crippen molar-refractivity contribution in [3.05, 3.63) is 38.0 Å². The van der Waals surface area contributed by atoms with Gasteiger partial charge in [0.25, 0.3) is 0 Å². The second-order valence-corrected chi connectivity index (χ2v) is 1.57. The summed E-state index contributed by atoms with van der Waals surface area (Å²) in [6.07, 6.45) is 2.17. The molecule has 0 radical (unpaired) electrons. The van der Waals surface area contributed by atoms with Crippen LogP contribution in [0.1, 0.15) is 0 Å². The fourth-order valence-electron chi connectivity index (χ4n) is 0. The molecule has 0 saturated carbocycles. The largest absolute Gasteiger partial charge is 0.545 e. The molecule has 0 aliphatic carbocycles. The van der Waals surface area contributed by atoms with E-state index in [1.165, 1.54) is 0 Å². The Morgan fingerprint density at radius 3 is 0.733 bits per heavy atom. The third kappa shape index (κ3) is 81.9. The minimum absolute atomic E-state index is 0.722. The van der Waals surface area contributed by atoms with Crippen molar-refractivity contribution in [3.63, 3.8) is 0 Å². The lowest BCUT2D eigenvalue weighted by molar-refractivity contribution is -0.298. The van der Waals surface area contributed by atoms with Gasteiger partial charge in [-0.05, 0) is 18.2 Å². The van der Waals surface area contributed by atoms with Crippen LogP contribution in [0.3, 0.4) is 0 Å². The SMILES string of the molecule is C=CC(=O)[O-].C=CC(=O)[O-].C=CC(=O)[O-]. The number of carboxylic acids is 3. The van der Waals surface area contributed by atoms with E-state index < -0.39 is 17.9 Å². The van der Waals surface area contributed by atoms with Crippen molar-refractivity contribution in [2.24, 2.45) is 0 Å². The molecule has 0 saturated heterocycles. The van der Waals surface area contributed by atoms with Crippen LogP contribution in [0.4, 0.5) is 0 Å². The Morgan fingerprint density at radius 2 is 0.733 bits per heavy atom. The maximum atomic E-state index is 9.14. The Bertz CT molecular complexity index is 211. The van der Waals surface area contributed by atoms with E-state index in [4.69, 9.17) is 29.7 Å². The molecule has 0 atom stereocenters. The highest BCUT2D eigenvalue weighted by atomic mass is 16.4. The van der Waals surface area contributed by atoms with Crippen LogP contribution in [0.5, 0.6) is 0 Å². The number of carbonyl (C=O) groups is 3.